The SMILES string of the molecule is O=C(NCC(F)(F)F)c1cc(C2CCN(C(=O)c3cc(O)[nH]c(=O)c3)CC2)[nH]n1. The first-order chi connectivity index (χ1) is 13.6. The maximum Gasteiger partial charge on any atom is 0.405 e. The van der Waals surface area contributed by atoms with Gasteiger partial charge in [0.15, 0.2) is 5.88 Å². The molecule has 2 aromatic rings. The molecule has 2 aromatic heterocycles. The molecule has 0 unspecified atom stereocenters. The van der Waals surface area contributed by atoms with E-state index < -0.39 is 30.1 Å². The quantitative estimate of drug-likeness (QED) is 0.597. The van der Waals surface area contributed by atoms with Crippen molar-refractivity contribution < 1.29 is 27.9 Å². The minimum absolute atomic E-state index is 0.0525. The number of carbonyl (C=O) groups is 2. The number of aromatic amines is 2. The molecule has 0 aliphatic carbocycles. The molecule has 3 rings (SSSR count). The number of halogens is 3. The van der Waals surface area contributed by atoms with E-state index in [-0.39, 0.29) is 23.1 Å². The van der Waals surface area contributed by atoms with Gasteiger partial charge in [0.2, 0.25) is 0 Å². The highest BCUT2D eigenvalue weighted by Crippen LogP contribution is 2.28. The van der Waals surface area contributed by atoms with E-state index in [0.717, 1.165) is 6.07 Å². The smallest absolute Gasteiger partial charge is 0.405 e. The number of aromatic hydroxyl groups is 1. The number of hydrogen-bond donors (Lipinski definition) is 4. The Bertz CT molecular complexity index is 960. The molecule has 2 amide bonds. The van der Waals surface area contributed by atoms with Crippen LogP contribution in [0.3, 0.4) is 0 Å². The Kier molecular flexibility index (Phi) is 5.62. The van der Waals surface area contributed by atoms with Crippen LogP contribution < -0.4 is 10.9 Å². The maximum absolute atomic E-state index is 12.5. The van der Waals surface area contributed by atoms with Crippen molar-refractivity contribution >= 4 is 11.8 Å². The fraction of sp³-hybridized carbons (Fsp3) is 0.412. The Morgan fingerprint density at radius 1 is 1.24 bits per heavy atom. The Morgan fingerprint density at radius 2 is 1.93 bits per heavy atom. The van der Waals surface area contributed by atoms with E-state index in [1.54, 1.807) is 5.32 Å². The highest BCUT2D eigenvalue weighted by Gasteiger charge is 2.29. The van der Waals surface area contributed by atoms with Crippen LogP contribution in [0.1, 0.15) is 45.3 Å². The van der Waals surface area contributed by atoms with Crippen molar-refractivity contribution in [1.29, 1.82) is 0 Å². The number of likely N-dealkylation sites (tertiary alicyclic amines) is 1. The largest absolute Gasteiger partial charge is 0.494 e. The van der Waals surface area contributed by atoms with Gasteiger partial charge in [0.1, 0.15) is 12.2 Å². The summed E-state index contributed by atoms with van der Waals surface area (Å²) in [7, 11) is 0. The molecule has 0 aromatic carbocycles. The fourth-order valence-corrected chi connectivity index (χ4v) is 3.16. The molecule has 3 heterocycles. The van der Waals surface area contributed by atoms with Crippen molar-refractivity contribution in [2.45, 2.75) is 24.9 Å². The molecule has 0 bridgehead atoms. The van der Waals surface area contributed by atoms with Gasteiger partial charge < -0.3 is 15.3 Å². The Hall–Kier alpha value is -3.31. The molecule has 0 atom stereocenters. The topological polar surface area (TPSA) is 131 Å². The van der Waals surface area contributed by atoms with Crippen LogP contribution in [0.5, 0.6) is 5.88 Å². The van der Waals surface area contributed by atoms with Crippen molar-refractivity contribution in [1.82, 2.24) is 25.4 Å². The molecule has 4 N–H and O–H groups in total. The number of nitrogens with one attached hydrogen (secondary N) is 3. The number of aromatic nitrogens is 3. The van der Waals surface area contributed by atoms with Gasteiger partial charge in [0.25, 0.3) is 17.4 Å². The molecule has 9 nitrogen and oxygen atoms in total. The van der Waals surface area contributed by atoms with Crippen molar-refractivity contribution in [2.24, 2.45) is 0 Å². The molecule has 29 heavy (non-hydrogen) atoms. The lowest BCUT2D eigenvalue weighted by molar-refractivity contribution is -0.123. The summed E-state index contributed by atoms with van der Waals surface area (Å²) in [4.78, 5) is 39.3. The summed E-state index contributed by atoms with van der Waals surface area (Å²) in [5.74, 6) is -1.76. The maximum atomic E-state index is 12.5. The Labute approximate surface area is 161 Å². The zero-order valence-corrected chi connectivity index (χ0v) is 15.0. The fourth-order valence-electron chi connectivity index (χ4n) is 3.16. The van der Waals surface area contributed by atoms with Crippen LogP contribution in [0.25, 0.3) is 0 Å². The van der Waals surface area contributed by atoms with E-state index in [0.29, 0.717) is 31.6 Å². The molecule has 0 spiro atoms. The summed E-state index contributed by atoms with van der Waals surface area (Å²) >= 11 is 0. The van der Waals surface area contributed by atoms with Crippen LogP contribution in [0.4, 0.5) is 13.2 Å². The summed E-state index contributed by atoms with van der Waals surface area (Å²) in [5.41, 5.74) is -0.0447. The highest BCUT2D eigenvalue weighted by atomic mass is 19.4. The minimum atomic E-state index is -4.51. The van der Waals surface area contributed by atoms with Crippen LogP contribution in [-0.4, -0.2) is 62.8 Å². The molecular weight excluding hydrogens is 395 g/mol. The van der Waals surface area contributed by atoms with Gasteiger partial charge in [0, 0.05) is 36.8 Å². The monoisotopic (exact) mass is 413 g/mol. The number of nitrogens with zero attached hydrogens (tertiary/aromatic N) is 2. The lowest BCUT2D eigenvalue weighted by Gasteiger charge is -2.31. The van der Waals surface area contributed by atoms with Crippen LogP contribution in [-0.2, 0) is 0 Å². The summed E-state index contributed by atoms with van der Waals surface area (Å²) in [5, 5.41) is 17.6. The number of carbonyl (C=O) groups excluding carboxylic acids is 2. The van der Waals surface area contributed by atoms with Crippen LogP contribution in [0, 0.1) is 0 Å². The zero-order chi connectivity index (χ0) is 21.2. The van der Waals surface area contributed by atoms with E-state index in [1.807, 2.05) is 0 Å². The molecular formula is C17H18F3N5O4. The summed E-state index contributed by atoms with van der Waals surface area (Å²) in [6, 6.07) is 3.69. The Morgan fingerprint density at radius 3 is 2.55 bits per heavy atom. The van der Waals surface area contributed by atoms with Crippen LogP contribution in [0.15, 0.2) is 23.0 Å². The van der Waals surface area contributed by atoms with Crippen LogP contribution >= 0.6 is 0 Å². The second-order valence-electron chi connectivity index (χ2n) is 6.69. The average Bonchev–Trinajstić information content (AvgIpc) is 3.14. The predicted octanol–water partition coefficient (Wildman–Crippen LogP) is 1.12. The van der Waals surface area contributed by atoms with Gasteiger partial charge in [-0.25, -0.2) is 0 Å². The first-order valence-corrected chi connectivity index (χ1v) is 8.75. The van der Waals surface area contributed by atoms with E-state index in [2.05, 4.69) is 15.2 Å². The van der Waals surface area contributed by atoms with Gasteiger partial charge in [-0.05, 0) is 18.9 Å². The number of H-pyrrole nitrogens is 2. The number of alkyl halides is 3. The number of hydrogen-bond acceptors (Lipinski definition) is 5. The molecule has 156 valence electrons. The summed E-state index contributed by atoms with van der Waals surface area (Å²) < 4.78 is 36.6. The highest BCUT2D eigenvalue weighted by molar-refractivity contribution is 5.94. The van der Waals surface area contributed by atoms with Gasteiger partial charge in [-0.3, -0.25) is 24.5 Å². The van der Waals surface area contributed by atoms with E-state index >= 15 is 0 Å². The van der Waals surface area contributed by atoms with Gasteiger partial charge in [-0.1, -0.05) is 0 Å². The first-order valence-electron chi connectivity index (χ1n) is 8.75. The number of piperidine rings is 1. The minimum Gasteiger partial charge on any atom is -0.494 e. The third kappa shape index (κ3) is 5.15. The molecule has 1 saturated heterocycles. The Balaban J connectivity index is 1.58. The van der Waals surface area contributed by atoms with Crippen LogP contribution in [0.2, 0.25) is 0 Å². The summed E-state index contributed by atoms with van der Waals surface area (Å²) in [6.45, 7) is -0.705. The van der Waals surface area contributed by atoms with Gasteiger partial charge in [-0.2, -0.15) is 18.3 Å². The third-order valence-electron chi connectivity index (χ3n) is 4.58. The molecule has 12 heteroatoms. The summed E-state index contributed by atoms with van der Waals surface area (Å²) in [6.07, 6.45) is -3.44. The third-order valence-corrected chi connectivity index (χ3v) is 4.58. The lowest BCUT2D eigenvalue weighted by Crippen LogP contribution is -2.38. The molecule has 1 aliphatic heterocycles. The second-order valence-corrected chi connectivity index (χ2v) is 6.69. The first kappa shape index (κ1) is 20.4. The molecule has 0 radical (unpaired) electrons. The standard InChI is InChI=1S/C17H18F3N5O4/c18-17(19,20)8-21-15(28)12-7-11(23-24-12)9-1-3-25(4-2-9)16(29)10-5-13(26)22-14(27)6-10/h5-7,9H,1-4,8H2,(H,21,28)(H,23,24)(H2,22,26,27). The second kappa shape index (κ2) is 7.97. The number of rotatable bonds is 4. The lowest BCUT2D eigenvalue weighted by atomic mass is 9.93. The van der Waals surface area contributed by atoms with Gasteiger partial charge >= 0.3 is 6.18 Å². The van der Waals surface area contributed by atoms with Gasteiger partial charge in [-0.15, -0.1) is 0 Å². The van der Waals surface area contributed by atoms with Crippen molar-refractivity contribution in [3.05, 3.63) is 45.5 Å². The van der Waals surface area contributed by atoms with E-state index in [4.69, 9.17) is 0 Å². The van der Waals surface area contributed by atoms with Crippen molar-refractivity contribution in [3.63, 3.8) is 0 Å². The van der Waals surface area contributed by atoms with Crippen molar-refractivity contribution in [2.75, 3.05) is 19.6 Å². The normalized spacial score (nSPS) is 15.3. The number of pyridine rings is 1. The molecule has 0 saturated carbocycles. The molecule has 1 aliphatic rings. The average molecular weight is 413 g/mol. The van der Waals surface area contributed by atoms with Gasteiger partial charge in [0.05, 0.1) is 5.56 Å². The zero-order valence-electron chi connectivity index (χ0n) is 15.0. The number of amides is 2. The van der Waals surface area contributed by atoms with E-state index in [9.17, 15) is 32.7 Å². The predicted molar refractivity (Wildman–Crippen MR) is 93.6 cm³/mol. The molecule has 1 fully saturated rings. The van der Waals surface area contributed by atoms with E-state index in [1.165, 1.54) is 17.0 Å². The van der Waals surface area contributed by atoms with Crippen molar-refractivity contribution in [3.8, 4) is 5.88 Å².